The van der Waals surface area contributed by atoms with Gasteiger partial charge in [0.15, 0.2) is 5.85 Å². The van der Waals surface area contributed by atoms with Crippen molar-refractivity contribution in [1.82, 2.24) is 0 Å². The highest BCUT2D eigenvalue weighted by molar-refractivity contribution is 7.39. The van der Waals surface area contributed by atoms with Crippen LogP contribution in [0.5, 0.6) is 0 Å². The lowest BCUT2D eigenvalue weighted by Crippen LogP contribution is -2.37. The summed E-state index contributed by atoms with van der Waals surface area (Å²) in [5, 5.41) is 0. The summed E-state index contributed by atoms with van der Waals surface area (Å²) in [7, 11) is 3.81. The van der Waals surface area contributed by atoms with Gasteiger partial charge in [0, 0.05) is 6.42 Å². The van der Waals surface area contributed by atoms with Gasteiger partial charge in [-0.25, -0.2) is 0 Å². The first-order chi connectivity index (χ1) is 14.8. The molecule has 0 saturated heterocycles. The number of rotatable bonds is 21. The first-order valence-corrected chi connectivity index (χ1v) is 14.0. The van der Waals surface area contributed by atoms with Gasteiger partial charge in [-0.2, -0.15) is 0 Å². The maximum Gasteiger partial charge on any atom is 0.306 e. The molecule has 2 atom stereocenters. The minimum atomic E-state index is -2.35. The predicted molar refractivity (Wildman–Crippen MR) is 133 cm³/mol. The maximum absolute atomic E-state index is 12.1. The standard InChI is InChI=1S/C25H51NO4P/c1-6-7-8-9-10-11-12-13-14-15-16-17-18-19-20-21-25(27)30-24(2)31(28)29-23-22-26(3,4)5/h13-14,24,31H,6-12,15-23H2,1-5H3/q+1. The van der Waals surface area contributed by atoms with Gasteiger partial charge in [0.2, 0.25) is 8.03 Å². The van der Waals surface area contributed by atoms with Crippen LogP contribution in [0.4, 0.5) is 0 Å². The van der Waals surface area contributed by atoms with E-state index in [9.17, 15) is 9.36 Å². The largest absolute Gasteiger partial charge is 0.453 e. The van der Waals surface area contributed by atoms with Crippen LogP contribution in [0.1, 0.15) is 104 Å². The SMILES string of the molecule is CCCCCCCCC=CCCCCCCCC(=O)OC(C)[PH](=O)OCC[N+](C)(C)C. The van der Waals surface area contributed by atoms with Crippen LogP contribution in [0.25, 0.3) is 0 Å². The number of hydrogen-bond acceptors (Lipinski definition) is 4. The quantitative estimate of drug-likeness (QED) is 0.0602. The Balaban J connectivity index is 3.53. The number of unbranched alkanes of at least 4 members (excludes halogenated alkanes) is 11. The zero-order valence-corrected chi connectivity index (χ0v) is 22.1. The van der Waals surface area contributed by atoms with Gasteiger partial charge >= 0.3 is 5.97 Å². The van der Waals surface area contributed by atoms with Gasteiger partial charge in [0.1, 0.15) is 13.2 Å². The van der Waals surface area contributed by atoms with Crippen LogP contribution in [-0.2, 0) is 18.6 Å². The summed E-state index contributed by atoms with van der Waals surface area (Å²) in [5.74, 6) is -0.910. The van der Waals surface area contributed by atoms with Crippen molar-refractivity contribution in [2.24, 2.45) is 0 Å². The molecule has 0 amide bonds. The Labute approximate surface area is 193 Å². The van der Waals surface area contributed by atoms with Gasteiger partial charge in [-0.05, 0) is 39.0 Å². The van der Waals surface area contributed by atoms with Crippen LogP contribution < -0.4 is 0 Å². The van der Waals surface area contributed by atoms with Crippen molar-refractivity contribution < 1.29 is 23.1 Å². The van der Waals surface area contributed by atoms with E-state index in [0.717, 1.165) is 36.7 Å². The average molecular weight is 461 g/mol. The lowest BCUT2D eigenvalue weighted by molar-refractivity contribution is -0.870. The zero-order valence-electron chi connectivity index (χ0n) is 21.1. The molecule has 0 saturated carbocycles. The Bertz CT molecular complexity index is 488. The van der Waals surface area contributed by atoms with Gasteiger partial charge in [0.05, 0.1) is 21.1 Å². The number of carbonyl (C=O) groups excluding carboxylic acids is 1. The van der Waals surface area contributed by atoms with E-state index in [2.05, 4.69) is 40.2 Å². The van der Waals surface area contributed by atoms with Gasteiger partial charge in [0.25, 0.3) is 0 Å². The van der Waals surface area contributed by atoms with Crippen molar-refractivity contribution in [2.75, 3.05) is 34.3 Å². The predicted octanol–water partition coefficient (Wildman–Crippen LogP) is 7.11. The zero-order chi connectivity index (χ0) is 23.4. The average Bonchev–Trinajstić information content (AvgIpc) is 2.69. The molecule has 0 fully saturated rings. The normalized spacial score (nSPS) is 14.1. The van der Waals surface area contributed by atoms with E-state index in [0.29, 0.717) is 13.0 Å². The molecular weight excluding hydrogens is 409 g/mol. The van der Waals surface area contributed by atoms with Gasteiger partial charge in [-0.1, -0.05) is 70.4 Å². The molecule has 0 heterocycles. The number of esters is 1. The highest BCUT2D eigenvalue weighted by Gasteiger charge is 2.17. The van der Waals surface area contributed by atoms with Gasteiger partial charge < -0.3 is 13.7 Å². The molecule has 0 aliphatic heterocycles. The van der Waals surface area contributed by atoms with Crippen LogP contribution in [0.3, 0.4) is 0 Å². The molecule has 0 aromatic heterocycles. The van der Waals surface area contributed by atoms with E-state index in [4.69, 9.17) is 9.26 Å². The maximum atomic E-state index is 12.1. The third-order valence-electron chi connectivity index (χ3n) is 5.29. The second-order valence-electron chi connectivity index (χ2n) is 9.65. The Morgan fingerprint density at radius 3 is 1.94 bits per heavy atom. The number of allylic oxidation sites excluding steroid dienone is 2. The summed E-state index contributed by atoms with van der Waals surface area (Å²) in [6, 6.07) is 0. The Kier molecular flexibility index (Phi) is 19.6. The Hall–Kier alpha value is -0.640. The molecule has 0 N–H and O–H groups in total. The van der Waals surface area contributed by atoms with Crippen LogP contribution in [0, 0.1) is 0 Å². The minimum absolute atomic E-state index is 0.265. The fraction of sp³-hybridized carbons (Fsp3) is 0.880. The van der Waals surface area contributed by atoms with E-state index in [1.165, 1.54) is 57.8 Å². The summed E-state index contributed by atoms with van der Waals surface area (Å²) >= 11 is 0. The molecule has 6 heteroatoms. The van der Waals surface area contributed by atoms with E-state index in [1.807, 2.05) is 0 Å². The van der Waals surface area contributed by atoms with Crippen molar-refractivity contribution in [3.63, 3.8) is 0 Å². The summed E-state index contributed by atoms with van der Waals surface area (Å²) in [5.41, 5.74) is 0. The van der Waals surface area contributed by atoms with E-state index in [-0.39, 0.29) is 5.97 Å². The summed E-state index contributed by atoms with van der Waals surface area (Å²) in [4.78, 5) is 11.9. The van der Waals surface area contributed by atoms with Crippen LogP contribution >= 0.6 is 8.03 Å². The minimum Gasteiger partial charge on any atom is -0.453 e. The molecule has 0 aliphatic carbocycles. The summed E-state index contributed by atoms with van der Waals surface area (Å²) in [6.07, 6.45) is 21.1. The highest BCUT2D eigenvalue weighted by atomic mass is 31.1. The number of carbonyl (C=O) groups is 1. The Morgan fingerprint density at radius 2 is 1.39 bits per heavy atom. The topological polar surface area (TPSA) is 52.6 Å². The van der Waals surface area contributed by atoms with Gasteiger partial charge in [-0.3, -0.25) is 9.36 Å². The molecule has 0 aromatic carbocycles. The molecule has 0 aliphatic rings. The molecule has 0 bridgehead atoms. The van der Waals surface area contributed by atoms with E-state index in [1.54, 1.807) is 6.92 Å². The third kappa shape index (κ3) is 22.3. The van der Waals surface area contributed by atoms with Crippen LogP contribution in [0.2, 0.25) is 0 Å². The lowest BCUT2D eigenvalue weighted by atomic mass is 10.1. The summed E-state index contributed by atoms with van der Waals surface area (Å²) in [6.45, 7) is 5.10. The van der Waals surface area contributed by atoms with Crippen molar-refractivity contribution in [1.29, 1.82) is 0 Å². The summed E-state index contributed by atoms with van der Waals surface area (Å²) < 4.78 is 23.4. The van der Waals surface area contributed by atoms with Crippen LogP contribution in [-0.4, -0.2) is 50.6 Å². The van der Waals surface area contributed by atoms with Gasteiger partial charge in [-0.15, -0.1) is 0 Å². The molecular formula is C25H51NO4P+. The fourth-order valence-corrected chi connectivity index (χ4v) is 3.94. The Morgan fingerprint density at radius 1 is 0.871 bits per heavy atom. The van der Waals surface area contributed by atoms with E-state index < -0.39 is 13.9 Å². The third-order valence-corrected chi connectivity index (χ3v) is 6.56. The number of ether oxygens (including phenoxy) is 1. The second-order valence-corrected chi connectivity index (χ2v) is 11.4. The smallest absolute Gasteiger partial charge is 0.306 e. The molecule has 31 heavy (non-hydrogen) atoms. The number of nitrogens with zero attached hydrogens (tertiary/aromatic N) is 1. The molecule has 184 valence electrons. The molecule has 5 nitrogen and oxygen atoms in total. The number of hydrogen-bond donors (Lipinski definition) is 0. The first-order valence-electron chi connectivity index (χ1n) is 12.6. The molecule has 0 radical (unpaired) electrons. The lowest BCUT2D eigenvalue weighted by Gasteiger charge is -2.23. The van der Waals surface area contributed by atoms with E-state index >= 15 is 0 Å². The molecule has 0 rings (SSSR count). The molecule has 0 aromatic rings. The second kappa shape index (κ2) is 20.0. The molecule has 0 spiro atoms. The first kappa shape index (κ1) is 30.4. The van der Waals surface area contributed by atoms with Crippen molar-refractivity contribution in [3.05, 3.63) is 12.2 Å². The monoisotopic (exact) mass is 460 g/mol. The highest BCUT2D eigenvalue weighted by Crippen LogP contribution is 2.30. The number of quaternary nitrogens is 1. The van der Waals surface area contributed by atoms with Crippen molar-refractivity contribution in [3.8, 4) is 0 Å². The van der Waals surface area contributed by atoms with Crippen LogP contribution in [0.15, 0.2) is 12.2 Å². The molecule has 2 unspecified atom stereocenters. The van der Waals surface area contributed by atoms with Crippen molar-refractivity contribution >= 4 is 14.0 Å². The van der Waals surface area contributed by atoms with Crippen molar-refractivity contribution in [2.45, 2.75) is 110 Å². The fourth-order valence-electron chi connectivity index (χ4n) is 3.18. The number of likely N-dealkylation sites (N-methyl/N-ethyl adjacent to an activating group) is 1.